The molecule has 1 aromatic heterocycles. The monoisotopic (exact) mass is 303 g/mol. The third-order valence-corrected chi connectivity index (χ3v) is 3.36. The lowest BCUT2D eigenvalue weighted by Gasteiger charge is -2.09. The predicted molar refractivity (Wildman–Crippen MR) is 65.6 cm³/mol. The zero-order valence-corrected chi connectivity index (χ0v) is 10.6. The highest BCUT2D eigenvalue weighted by molar-refractivity contribution is 14.1. The van der Waals surface area contributed by atoms with Gasteiger partial charge in [-0.25, -0.2) is 9.97 Å². The molecule has 1 N–H and O–H groups in total. The van der Waals surface area contributed by atoms with Gasteiger partial charge >= 0.3 is 0 Å². The Morgan fingerprint density at radius 1 is 1.43 bits per heavy atom. The summed E-state index contributed by atoms with van der Waals surface area (Å²) in [7, 11) is 0. The van der Waals surface area contributed by atoms with E-state index in [1.807, 2.05) is 6.92 Å². The highest BCUT2D eigenvalue weighted by Crippen LogP contribution is 2.42. The van der Waals surface area contributed by atoms with E-state index in [4.69, 9.17) is 0 Å². The summed E-state index contributed by atoms with van der Waals surface area (Å²) >= 11 is 2.35. The second-order valence-corrected chi connectivity index (χ2v) is 4.70. The predicted octanol–water partition coefficient (Wildman–Crippen LogP) is 2.70. The van der Waals surface area contributed by atoms with E-state index in [0.717, 1.165) is 18.2 Å². The van der Waals surface area contributed by atoms with Crippen molar-refractivity contribution < 1.29 is 0 Å². The molecule has 76 valence electrons. The van der Waals surface area contributed by atoms with Crippen LogP contribution in [0.4, 0.5) is 5.82 Å². The molecule has 1 fully saturated rings. The Bertz CT molecular complexity index is 347. The molecule has 0 unspecified atom stereocenters. The number of hydrogen-bond acceptors (Lipinski definition) is 3. The van der Waals surface area contributed by atoms with Crippen LogP contribution in [-0.4, -0.2) is 16.5 Å². The topological polar surface area (TPSA) is 37.8 Å². The standard InChI is InChI=1S/C10H14IN3/c1-3-12-10-8(11)9(7-4-5-7)13-6(2)14-10/h7H,3-5H2,1-2H3,(H,12,13,14). The van der Waals surface area contributed by atoms with Crippen LogP contribution >= 0.6 is 22.6 Å². The van der Waals surface area contributed by atoms with Gasteiger partial charge in [0.15, 0.2) is 0 Å². The first-order valence-electron chi connectivity index (χ1n) is 5.00. The SMILES string of the molecule is CCNc1nc(C)nc(C2CC2)c1I. The maximum Gasteiger partial charge on any atom is 0.143 e. The number of aryl methyl sites for hydroxylation is 1. The Hall–Kier alpha value is -0.390. The van der Waals surface area contributed by atoms with Crippen LogP contribution in [0.3, 0.4) is 0 Å². The van der Waals surface area contributed by atoms with Crippen molar-refractivity contribution in [2.75, 3.05) is 11.9 Å². The third kappa shape index (κ3) is 1.99. The number of nitrogens with zero attached hydrogens (tertiary/aromatic N) is 2. The van der Waals surface area contributed by atoms with Crippen molar-refractivity contribution >= 4 is 28.4 Å². The Kier molecular flexibility index (Phi) is 2.90. The molecule has 0 bridgehead atoms. The van der Waals surface area contributed by atoms with Crippen LogP contribution in [0.1, 0.15) is 37.2 Å². The zero-order valence-electron chi connectivity index (χ0n) is 8.47. The van der Waals surface area contributed by atoms with E-state index in [1.165, 1.54) is 22.1 Å². The second-order valence-electron chi connectivity index (χ2n) is 3.62. The van der Waals surface area contributed by atoms with Crippen molar-refractivity contribution in [2.24, 2.45) is 0 Å². The summed E-state index contributed by atoms with van der Waals surface area (Å²) in [5.41, 5.74) is 1.24. The molecule has 2 rings (SSSR count). The van der Waals surface area contributed by atoms with E-state index in [2.05, 4.69) is 44.8 Å². The number of aromatic nitrogens is 2. The smallest absolute Gasteiger partial charge is 0.143 e. The molecule has 1 heterocycles. The van der Waals surface area contributed by atoms with Crippen molar-refractivity contribution in [1.82, 2.24) is 9.97 Å². The molecule has 14 heavy (non-hydrogen) atoms. The number of anilines is 1. The van der Waals surface area contributed by atoms with Gasteiger partial charge in [-0.1, -0.05) is 0 Å². The Morgan fingerprint density at radius 3 is 2.71 bits per heavy atom. The van der Waals surface area contributed by atoms with Gasteiger partial charge in [0, 0.05) is 12.5 Å². The molecule has 0 aromatic carbocycles. The highest BCUT2D eigenvalue weighted by Gasteiger charge is 2.28. The molecule has 1 aliphatic rings. The summed E-state index contributed by atoms with van der Waals surface area (Å²) < 4.78 is 1.21. The summed E-state index contributed by atoms with van der Waals surface area (Å²) in [6.45, 7) is 4.96. The first-order chi connectivity index (χ1) is 6.72. The van der Waals surface area contributed by atoms with E-state index in [1.54, 1.807) is 0 Å². The van der Waals surface area contributed by atoms with Gasteiger partial charge in [-0.15, -0.1) is 0 Å². The van der Waals surface area contributed by atoms with Crippen molar-refractivity contribution in [3.63, 3.8) is 0 Å². The molecule has 0 aliphatic heterocycles. The maximum absolute atomic E-state index is 4.52. The van der Waals surface area contributed by atoms with Crippen LogP contribution in [-0.2, 0) is 0 Å². The minimum Gasteiger partial charge on any atom is -0.369 e. The van der Waals surface area contributed by atoms with Crippen molar-refractivity contribution in [2.45, 2.75) is 32.6 Å². The van der Waals surface area contributed by atoms with Crippen molar-refractivity contribution in [1.29, 1.82) is 0 Å². The average Bonchev–Trinajstić information content (AvgIpc) is 2.94. The number of nitrogens with one attached hydrogen (secondary N) is 1. The molecule has 0 spiro atoms. The van der Waals surface area contributed by atoms with Crippen molar-refractivity contribution in [3.05, 3.63) is 15.1 Å². The van der Waals surface area contributed by atoms with Crippen LogP contribution in [0.15, 0.2) is 0 Å². The summed E-state index contributed by atoms with van der Waals surface area (Å²) in [5.74, 6) is 2.58. The lowest BCUT2D eigenvalue weighted by molar-refractivity contribution is 0.923. The lowest BCUT2D eigenvalue weighted by Crippen LogP contribution is -2.07. The zero-order chi connectivity index (χ0) is 10.1. The molecule has 0 saturated heterocycles. The largest absolute Gasteiger partial charge is 0.369 e. The third-order valence-electron chi connectivity index (χ3n) is 2.30. The number of hydrogen-bond donors (Lipinski definition) is 1. The van der Waals surface area contributed by atoms with E-state index in [0.29, 0.717) is 5.92 Å². The molecule has 3 nitrogen and oxygen atoms in total. The van der Waals surface area contributed by atoms with E-state index < -0.39 is 0 Å². The number of halogens is 1. The van der Waals surface area contributed by atoms with E-state index in [-0.39, 0.29) is 0 Å². The molecule has 4 heteroatoms. The number of rotatable bonds is 3. The van der Waals surface area contributed by atoms with Crippen LogP contribution in [0.25, 0.3) is 0 Å². The first kappa shape index (κ1) is 10.1. The summed E-state index contributed by atoms with van der Waals surface area (Å²) in [6, 6.07) is 0. The molecule has 0 radical (unpaired) electrons. The summed E-state index contributed by atoms with van der Waals surface area (Å²) in [5, 5.41) is 3.28. The quantitative estimate of drug-likeness (QED) is 0.873. The molecule has 1 aromatic rings. The minimum atomic E-state index is 0.695. The molecule has 1 saturated carbocycles. The summed E-state index contributed by atoms with van der Waals surface area (Å²) in [6.07, 6.45) is 2.58. The minimum absolute atomic E-state index is 0.695. The van der Waals surface area contributed by atoms with Crippen LogP contribution < -0.4 is 5.32 Å². The second kappa shape index (κ2) is 4.00. The fourth-order valence-corrected chi connectivity index (χ4v) is 2.36. The summed E-state index contributed by atoms with van der Waals surface area (Å²) in [4.78, 5) is 8.92. The van der Waals surface area contributed by atoms with Gasteiger partial charge < -0.3 is 5.32 Å². The molecule has 0 atom stereocenters. The maximum atomic E-state index is 4.52. The van der Waals surface area contributed by atoms with Gasteiger partial charge in [-0.05, 0) is 49.3 Å². The molecular weight excluding hydrogens is 289 g/mol. The van der Waals surface area contributed by atoms with E-state index >= 15 is 0 Å². The Morgan fingerprint density at radius 2 is 2.14 bits per heavy atom. The van der Waals surface area contributed by atoms with Gasteiger partial charge in [0.1, 0.15) is 11.6 Å². The van der Waals surface area contributed by atoms with Gasteiger partial charge in [0.25, 0.3) is 0 Å². The van der Waals surface area contributed by atoms with Crippen LogP contribution in [0.2, 0.25) is 0 Å². The van der Waals surface area contributed by atoms with Crippen LogP contribution in [0.5, 0.6) is 0 Å². The van der Waals surface area contributed by atoms with Gasteiger partial charge in [0.05, 0.1) is 9.26 Å². The van der Waals surface area contributed by atoms with Gasteiger partial charge in [0.2, 0.25) is 0 Å². The van der Waals surface area contributed by atoms with Gasteiger partial charge in [-0.2, -0.15) is 0 Å². The Labute approximate surface area is 97.9 Å². The molecule has 0 amide bonds. The van der Waals surface area contributed by atoms with Crippen LogP contribution in [0, 0.1) is 10.5 Å². The highest BCUT2D eigenvalue weighted by atomic mass is 127. The lowest BCUT2D eigenvalue weighted by atomic mass is 10.2. The fourth-order valence-electron chi connectivity index (χ4n) is 1.49. The van der Waals surface area contributed by atoms with Crippen molar-refractivity contribution in [3.8, 4) is 0 Å². The average molecular weight is 303 g/mol. The first-order valence-corrected chi connectivity index (χ1v) is 6.08. The van der Waals surface area contributed by atoms with E-state index in [9.17, 15) is 0 Å². The van der Waals surface area contributed by atoms with Gasteiger partial charge in [-0.3, -0.25) is 0 Å². The molecule has 1 aliphatic carbocycles. The Balaban J connectivity index is 2.39. The fraction of sp³-hybridized carbons (Fsp3) is 0.600. The normalized spacial score (nSPS) is 15.6. The molecular formula is C10H14IN3.